The van der Waals surface area contributed by atoms with Gasteiger partial charge in [-0.3, -0.25) is 19.9 Å². The van der Waals surface area contributed by atoms with Gasteiger partial charge < -0.3 is 10.3 Å². The quantitative estimate of drug-likeness (QED) is 0.426. The molecule has 0 unspecified atom stereocenters. The Morgan fingerprint density at radius 3 is 2.86 bits per heavy atom. The molecule has 7 heteroatoms. The molecule has 1 amide bonds. The fraction of sp³-hybridized carbons (Fsp3) is 0.0909. The average molecular weight is 382 g/mol. The van der Waals surface area contributed by atoms with Gasteiger partial charge in [0, 0.05) is 29.8 Å². The zero-order chi connectivity index (χ0) is 19.8. The minimum Gasteiger partial charge on any atom is -0.352 e. The summed E-state index contributed by atoms with van der Waals surface area (Å²) in [6.45, 7) is 1.82. The number of hydrogen-bond donors (Lipinski definition) is 3. The highest BCUT2D eigenvalue weighted by atomic mass is 16.1. The fourth-order valence-electron chi connectivity index (χ4n) is 3.40. The number of benzene rings is 1. The number of amides is 1. The van der Waals surface area contributed by atoms with Crippen LogP contribution < -0.4 is 5.32 Å². The zero-order valence-corrected chi connectivity index (χ0v) is 15.7. The summed E-state index contributed by atoms with van der Waals surface area (Å²) in [4.78, 5) is 23.7. The molecule has 0 saturated heterocycles. The fourth-order valence-corrected chi connectivity index (χ4v) is 3.40. The summed E-state index contributed by atoms with van der Waals surface area (Å²) < 4.78 is 0. The monoisotopic (exact) mass is 382 g/mol. The van der Waals surface area contributed by atoms with Gasteiger partial charge in [-0.25, -0.2) is 0 Å². The maximum Gasteiger partial charge on any atom is 0.224 e. The van der Waals surface area contributed by atoms with Crippen LogP contribution in [0.1, 0.15) is 13.3 Å². The number of aromatic amines is 2. The predicted octanol–water partition coefficient (Wildman–Crippen LogP) is 4.52. The molecule has 0 aliphatic rings. The highest BCUT2D eigenvalue weighted by molar-refractivity contribution is 5.97. The Kier molecular flexibility index (Phi) is 4.05. The molecule has 0 bridgehead atoms. The Hall–Kier alpha value is -4.00. The van der Waals surface area contributed by atoms with E-state index < -0.39 is 0 Å². The Labute approximate surface area is 166 Å². The molecule has 7 nitrogen and oxygen atoms in total. The number of anilines is 1. The SMILES string of the molecule is CCC(=O)Nc1cncc(-c2ccc3[nH]nc(-c4cc5ncccc5[nH]4)c3c2)c1. The lowest BCUT2D eigenvalue weighted by Gasteiger charge is -2.06. The van der Waals surface area contributed by atoms with Crippen LogP contribution in [0.15, 0.2) is 61.1 Å². The van der Waals surface area contributed by atoms with Crippen molar-refractivity contribution >= 4 is 33.5 Å². The molecule has 5 rings (SSSR count). The molecule has 4 aromatic heterocycles. The van der Waals surface area contributed by atoms with Gasteiger partial charge in [0.05, 0.1) is 34.1 Å². The number of carbonyl (C=O) groups excluding carboxylic acids is 1. The number of rotatable bonds is 4. The molecule has 3 N–H and O–H groups in total. The van der Waals surface area contributed by atoms with Crippen LogP contribution in [-0.2, 0) is 4.79 Å². The lowest BCUT2D eigenvalue weighted by molar-refractivity contribution is -0.115. The van der Waals surface area contributed by atoms with E-state index in [-0.39, 0.29) is 5.91 Å². The van der Waals surface area contributed by atoms with Crippen molar-refractivity contribution in [3.05, 3.63) is 61.1 Å². The smallest absolute Gasteiger partial charge is 0.224 e. The number of pyridine rings is 2. The summed E-state index contributed by atoms with van der Waals surface area (Å²) in [6.07, 6.45) is 5.64. The van der Waals surface area contributed by atoms with Gasteiger partial charge in [0.15, 0.2) is 0 Å². The van der Waals surface area contributed by atoms with Crippen LogP contribution in [0.25, 0.3) is 44.5 Å². The standard InChI is InChI=1S/C22H18N6O/c1-2-21(29)25-15-8-14(11-23-12-15)13-5-6-17-16(9-13)22(28-27-17)20-10-19-18(26-20)4-3-7-24-19/h3-12,26H,2H2,1H3,(H,25,29)(H,27,28). The van der Waals surface area contributed by atoms with Gasteiger partial charge in [-0.2, -0.15) is 5.10 Å². The first kappa shape index (κ1) is 17.1. The third-order valence-corrected chi connectivity index (χ3v) is 4.88. The van der Waals surface area contributed by atoms with E-state index in [2.05, 4.69) is 36.5 Å². The Bertz CT molecular complexity index is 1320. The Morgan fingerprint density at radius 1 is 1.07 bits per heavy atom. The minimum atomic E-state index is -0.0380. The van der Waals surface area contributed by atoms with E-state index in [4.69, 9.17) is 0 Å². The van der Waals surface area contributed by atoms with Crippen LogP contribution in [-0.4, -0.2) is 31.1 Å². The van der Waals surface area contributed by atoms with Crippen molar-refractivity contribution in [2.75, 3.05) is 5.32 Å². The molecule has 0 radical (unpaired) electrons. The molecular formula is C22H18N6O. The maximum absolute atomic E-state index is 11.7. The number of hydrogen-bond acceptors (Lipinski definition) is 4. The first-order chi connectivity index (χ1) is 14.2. The minimum absolute atomic E-state index is 0.0380. The molecule has 0 aliphatic carbocycles. The second-order valence-corrected chi connectivity index (χ2v) is 6.82. The highest BCUT2D eigenvalue weighted by Gasteiger charge is 2.13. The van der Waals surface area contributed by atoms with E-state index in [0.717, 1.165) is 44.5 Å². The van der Waals surface area contributed by atoms with Gasteiger partial charge in [-0.15, -0.1) is 0 Å². The largest absolute Gasteiger partial charge is 0.352 e. The molecule has 0 spiro atoms. The van der Waals surface area contributed by atoms with Gasteiger partial charge in [-0.1, -0.05) is 13.0 Å². The Balaban J connectivity index is 1.58. The topological polar surface area (TPSA) is 99.3 Å². The van der Waals surface area contributed by atoms with Crippen LogP contribution >= 0.6 is 0 Å². The second kappa shape index (κ2) is 6.87. The van der Waals surface area contributed by atoms with E-state index in [1.165, 1.54) is 0 Å². The summed E-state index contributed by atoms with van der Waals surface area (Å²) in [6, 6.07) is 13.9. The Morgan fingerprint density at radius 2 is 2.00 bits per heavy atom. The maximum atomic E-state index is 11.7. The van der Waals surface area contributed by atoms with Crippen LogP contribution in [0.5, 0.6) is 0 Å². The van der Waals surface area contributed by atoms with Crippen molar-refractivity contribution < 1.29 is 4.79 Å². The molecule has 0 fully saturated rings. The molecule has 0 atom stereocenters. The molecule has 0 aliphatic heterocycles. The number of nitrogens with one attached hydrogen (secondary N) is 3. The number of H-pyrrole nitrogens is 2. The summed E-state index contributed by atoms with van der Waals surface area (Å²) >= 11 is 0. The van der Waals surface area contributed by atoms with Gasteiger partial charge in [-0.05, 0) is 42.0 Å². The van der Waals surface area contributed by atoms with Gasteiger partial charge in [0.1, 0.15) is 5.69 Å². The van der Waals surface area contributed by atoms with Crippen LogP contribution in [0, 0.1) is 0 Å². The molecule has 142 valence electrons. The first-order valence-electron chi connectivity index (χ1n) is 9.39. The van der Waals surface area contributed by atoms with Crippen LogP contribution in [0.3, 0.4) is 0 Å². The summed E-state index contributed by atoms with van der Waals surface area (Å²) in [5, 5.41) is 11.5. The normalized spacial score (nSPS) is 11.2. The van der Waals surface area contributed by atoms with E-state index in [9.17, 15) is 4.79 Å². The van der Waals surface area contributed by atoms with Gasteiger partial charge in [0.2, 0.25) is 5.91 Å². The van der Waals surface area contributed by atoms with E-state index in [0.29, 0.717) is 12.1 Å². The zero-order valence-electron chi connectivity index (χ0n) is 15.7. The van der Waals surface area contributed by atoms with Gasteiger partial charge in [0.25, 0.3) is 0 Å². The lowest BCUT2D eigenvalue weighted by Crippen LogP contribution is -2.09. The molecule has 29 heavy (non-hydrogen) atoms. The first-order valence-corrected chi connectivity index (χ1v) is 9.39. The van der Waals surface area contributed by atoms with Crippen molar-refractivity contribution in [1.29, 1.82) is 0 Å². The van der Waals surface area contributed by atoms with E-state index in [1.807, 2.05) is 43.3 Å². The molecular weight excluding hydrogens is 364 g/mol. The van der Waals surface area contributed by atoms with Crippen LogP contribution in [0.4, 0.5) is 5.69 Å². The van der Waals surface area contributed by atoms with Crippen LogP contribution in [0.2, 0.25) is 0 Å². The molecule has 1 aromatic carbocycles. The summed E-state index contributed by atoms with van der Waals surface area (Å²) in [7, 11) is 0. The molecule has 4 heterocycles. The molecule has 0 saturated carbocycles. The number of nitrogens with zero attached hydrogens (tertiary/aromatic N) is 3. The number of fused-ring (bicyclic) bond motifs is 2. The van der Waals surface area contributed by atoms with Gasteiger partial charge >= 0.3 is 0 Å². The summed E-state index contributed by atoms with van der Waals surface area (Å²) in [5.41, 5.74) is 7.16. The second-order valence-electron chi connectivity index (χ2n) is 6.82. The van der Waals surface area contributed by atoms with E-state index >= 15 is 0 Å². The summed E-state index contributed by atoms with van der Waals surface area (Å²) in [5.74, 6) is -0.0380. The third kappa shape index (κ3) is 3.12. The van der Waals surface area contributed by atoms with Crippen molar-refractivity contribution in [3.63, 3.8) is 0 Å². The highest BCUT2D eigenvalue weighted by Crippen LogP contribution is 2.31. The van der Waals surface area contributed by atoms with Crippen molar-refractivity contribution in [2.24, 2.45) is 0 Å². The van der Waals surface area contributed by atoms with Crippen molar-refractivity contribution in [1.82, 2.24) is 25.1 Å². The lowest BCUT2D eigenvalue weighted by atomic mass is 10.0. The predicted molar refractivity (Wildman–Crippen MR) is 113 cm³/mol. The number of carbonyl (C=O) groups is 1. The third-order valence-electron chi connectivity index (χ3n) is 4.88. The van der Waals surface area contributed by atoms with Crippen molar-refractivity contribution in [2.45, 2.75) is 13.3 Å². The number of aromatic nitrogens is 5. The van der Waals surface area contributed by atoms with E-state index in [1.54, 1.807) is 18.6 Å². The molecule has 5 aromatic rings. The average Bonchev–Trinajstić information content (AvgIpc) is 3.37. The van der Waals surface area contributed by atoms with Crippen molar-refractivity contribution in [3.8, 4) is 22.5 Å².